The van der Waals surface area contributed by atoms with Crippen LogP contribution in [-0.4, -0.2) is 29.7 Å². The van der Waals surface area contributed by atoms with Crippen molar-refractivity contribution in [2.45, 2.75) is 4.90 Å². The van der Waals surface area contributed by atoms with Gasteiger partial charge in [-0.05, 0) is 48.5 Å². The van der Waals surface area contributed by atoms with Crippen LogP contribution in [0.4, 0.5) is 17.1 Å². The standard InChI is InChI=1S/C21H22N2O4S/c1-23(17-7-5-4-6-8-17)18-11-9-16(10-12-18)22-28(24,25)21-15-19(26-2)13-14-20(21)27-3/h4-15,22H,1-3H3. The van der Waals surface area contributed by atoms with Crippen molar-refractivity contribution in [2.24, 2.45) is 0 Å². The maximum Gasteiger partial charge on any atom is 0.265 e. The van der Waals surface area contributed by atoms with E-state index in [9.17, 15) is 8.42 Å². The first-order valence-corrected chi connectivity index (χ1v) is 10.1. The van der Waals surface area contributed by atoms with Gasteiger partial charge in [0, 0.05) is 30.2 Å². The first-order chi connectivity index (χ1) is 13.4. The molecule has 0 amide bonds. The Bertz CT molecular complexity index is 1040. The molecule has 0 aromatic heterocycles. The lowest BCUT2D eigenvalue weighted by Gasteiger charge is -2.20. The summed E-state index contributed by atoms with van der Waals surface area (Å²) in [4.78, 5) is 2.03. The zero-order valence-corrected chi connectivity index (χ0v) is 16.7. The summed E-state index contributed by atoms with van der Waals surface area (Å²) < 4.78 is 38.6. The van der Waals surface area contributed by atoms with Crippen molar-refractivity contribution in [3.8, 4) is 11.5 Å². The van der Waals surface area contributed by atoms with Crippen molar-refractivity contribution >= 4 is 27.1 Å². The average molecular weight is 398 g/mol. The van der Waals surface area contributed by atoms with Crippen LogP contribution in [0, 0.1) is 0 Å². The van der Waals surface area contributed by atoms with Gasteiger partial charge in [0.1, 0.15) is 16.4 Å². The van der Waals surface area contributed by atoms with Gasteiger partial charge in [0.25, 0.3) is 10.0 Å². The summed E-state index contributed by atoms with van der Waals surface area (Å²) in [6.07, 6.45) is 0. The van der Waals surface area contributed by atoms with Crippen LogP contribution in [0.5, 0.6) is 11.5 Å². The Morgan fingerprint density at radius 3 is 2.07 bits per heavy atom. The molecule has 1 N–H and O–H groups in total. The molecule has 0 aliphatic carbocycles. The van der Waals surface area contributed by atoms with Crippen LogP contribution in [0.3, 0.4) is 0 Å². The van der Waals surface area contributed by atoms with Crippen LogP contribution in [-0.2, 0) is 10.0 Å². The molecule has 3 aromatic rings. The topological polar surface area (TPSA) is 67.9 Å². The largest absolute Gasteiger partial charge is 0.497 e. The highest BCUT2D eigenvalue weighted by molar-refractivity contribution is 7.92. The lowest BCUT2D eigenvalue weighted by molar-refractivity contribution is 0.392. The predicted molar refractivity (Wildman–Crippen MR) is 111 cm³/mol. The van der Waals surface area contributed by atoms with Crippen molar-refractivity contribution in [1.29, 1.82) is 0 Å². The molecule has 0 saturated heterocycles. The van der Waals surface area contributed by atoms with E-state index in [1.807, 2.05) is 54.4 Å². The van der Waals surface area contributed by atoms with Crippen molar-refractivity contribution in [1.82, 2.24) is 0 Å². The fourth-order valence-electron chi connectivity index (χ4n) is 2.76. The predicted octanol–water partition coefficient (Wildman–Crippen LogP) is 4.27. The summed E-state index contributed by atoms with van der Waals surface area (Å²) in [6, 6.07) is 21.7. The molecule has 0 aliphatic heterocycles. The molecule has 0 heterocycles. The fraction of sp³-hybridized carbons (Fsp3) is 0.143. The summed E-state index contributed by atoms with van der Waals surface area (Å²) >= 11 is 0. The first-order valence-electron chi connectivity index (χ1n) is 8.58. The molecule has 0 fully saturated rings. The second-order valence-corrected chi connectivity index (χ2v) is 7.71. The summed E-state index contributed by atoms with van der Waals surface area (Å²) in [7, 11) is 1.02. The Hall–Kier alpha value is -3.19. The summed E-state index contributed by atoms with van der Waals surface area (Å²) in [5, 5.41) is 0. The highest BCUT2D eigenvalue weighted by Gasteiger charge is 2.21. The van der Waals surface area contributed by atoms with E-state index in [1.165, 1.54) is 20.3 Å². The molecule has 0 saturated carbocycles. The zero-order valence-electron chi connectivity index (χ0n) is 15.9. The molecule has 0 bridgehead atoms. The number of anilines is 3. The SMILES string of the molecule is COc1ccc(OC)c(S(=O)(=O)Nc2ccc(N(C)c3ccccc3)cc2)c1. The van der Waals surface area contributed by atoms with Gasteiger partial charge in [-0.15, -0.1) is 0 Å². The molecule has 7 heteroatoms. The number of sulfonamides is 1. The Balaban J connectivity index is 1.84. The molecule has 28 heavy (non-hydrogen) atoms. The van der Waals surface area contributed by atoms with Crippen LogP contribution < -0.4 is 19.1 Å². The molecule has 0 radical (unpaired) electrons. The quantitative estimate of drug-likeness (QED) is 0.644. The molecule has 6 nitrogen and oxygen atoms in total. The van der Waals surface area contributed by atoms with E-state index in [-0.39, 0.29) is 10.6 Å². The van der Waals surface area contributed by atoms with Gasteiger partial charge in [0.05, 0.1) is 14.2 Å². The molecule has 3 rings (SSSR count). The molecule has 0 unspecified atom stereocenters. The van der Waals surface area contributed by atoms with Gasteiger partial charge in [0.15, 0.2) is 0 Å². The van der Waals surface area contributed by atoms with Gasteiger partial charge in [0.2, 0.25) is 0 Å². The summed E-state index contributed by atoms with van der Waals surface area (Å²) in [6.45, 7) is 0. The second kappa shape index (κ2) is 8.22. The molecule has 0 aliphatic rings. The van der Waals surface area contributed by atoms with E-state index in [0.29, 0.717) is 11.4 Å². The number of para-hydroxylation sites is 1. The number of methoxy groups -OCH3 is 2. The van der Waals surface area contributed by atoms with E-state index in [2.05, 4.69) is 4.72 Å². The Morgan fingerprint density at radius 2 is 1.46 bits per heavy atom. The van der Waals surface area contributed by atoms with Gasteiger partial charge in [-0.25, -0.2) is 8.42 Å². The average Bonchev–Trinajstić information content (AvgIpc) is 2.73. The first kappa shape index (κ1) is 19.6. The number of hydrogen-bond donors (Lipinski definition) is 1. The number of hydrogen-bond acceptors (Lipinski definition) is 5. The Labute approximate surface area is 165 Å². The highest BCUT2D eigenvalue weighted by atomic mass is 32.2. The van der Waals surface area contributed by atoms with Crippen molar-refractivity contribution in [3.05, 3.63) is 72.8 Å². The lowest BCUT2D eigenvalue weighted by Crippen LogP contribution is -2.14. The molecule has 3 aromatic carbocycles. The van der Waals surface area contributed by atoms with Crippen LogP contribution >= 0.6 is 0 Å². The minimum absolute atomic E-state index is 0.0137. The highest BCUT2D eigenvalue weighted by Crippen LogP contribution is 2.30. The summed E-state index contributed by atoms with van der Waals surface area (Å²) in [5.74, 6) is 0.676. The number of nitrogens with one attached hydrogen (secondary N) is 1. The van der Waals surface area contributed by atoms with E-state index >= 15 is 0 Å². The van der Waals surface area contributed by atoms with Crippen molar-refractivity contribution < 1.29 is 17.9 Å². The number of ether oxygens (including phenoxy) is 2. The van der Waals surface area contributed by atoms with E-state index in [4.69, 9.17) is 9.47 Å². The van der Waals surface area contributed by atoms with Crippen LogP contribution in [0.1, 0.15) is 0 Å². The normalized spacial score (nSPS) is 11.0. The molecule has 146 valence electrons. The van der Waals surface area contributed by atoms with Crippen LogP contribution in [0.25, 0.3) is 0 Å². The van der Waals surface area contributed by atoms with E-state index < -0.39 is 10.0 Å². The number of nitrogens with zero attached hydrogens (tertiary/aromatic N) is 1. The smallest absolute Gasteiger partial charge is 0.265 e. The maximum atomic E-state index is 12.8. The van der Waals surface area contributed by atoms with Crippen LogP contribution in [0.15, 0.2) is 77.7 Å². The Morgan fingerprint density at radius 1 is 0.821 bits per heavy atom. The second-order valence-electron chi connectivity index (χ2n) is 6.06. The van der Waals surface area contributed by atoms with Gasteiger partial charge in [-0.3, -0.25) is 4.72 Å². The number of rotatable bonds is 7. The minimum atomic E-state index is -3.84. The Kier molecular flexibility index (Phi) is 5.75. The summed E-state index contributed by atoms with van der Waals surface area (Å²) in [5.41, 5.74) is 2.43. The van der Waals surface area contributed by atoms with E-state index in [0.717, 1.165) is 11.4 Å². The maximum absolute atomic E-state index is 12.8. The molecule has 0 atom stereocenters. The third kappa shape index (κ3) is 4.20. The van der Waals surface area contributed by atoms with Crippen LogP contribution in [0.2, 0.25) is 0 Å². The van der Waals surface area contributed by atoms with Crippen molar-refractivity contribution in [3.63, 3.8) is 0 Å². The third-order valence-electron chi connectivity index (χ3n) is 4.31. The number of benzene rings is 3. The van der Waals surface area contributed by atoms with Crippen molar-refractivity contribution in [2.75, 3.05) is 30.9 Å². The zero-order chi connectivity index (χ0) is 20.1. The van der Waals surface area contributed by atoms with Gasteiger partial charge in [-0.1, -0.05) is 18.2 Å². The van der Waals surface area contributed by atoms with E-state index in [1.54, 1.807) is 24.3 Å². The van der Waals surface area contributed by atoms with Gasteiger partial charge < -0.3 is 14.4 Å². The minimum Gasteiger partial charge on any atom is -0.497 e. The molecule has 0 spiro atoms. The third-order valence-corrected chi connectivity index (χ3v) is 5.71. The van der Waals surface area contributed by atoms with Gasteiger partial charge in [-0.2, -0.15) is 0 Å². The fourth-order valence-corrected chi connectivity index (χ4v) is 4.00. The monoisotopic (exact) mass is 398 g/mol. The molecular weight excluding hydrogens is 376 g/mol. The molecular formula is C21H22N2O4S. The van der Waals surface area contributed by atoms with Gasteiger partial charge >= 0.3 is 0 Å². The lowest BCUT2D eigenvalue weighted by atomic mass is 10.2.